The molecule has 2 aromatic carbocycles. The number of aliphatic hydroxyl groups is 1. The SMILES string of the molecule is CCNC(=NCc1ccc(C(=O)NC)cc1)NCC(O)c1cc(Cl)cc(Cl)c1. The minimum atomic E-state index is -0.785. The Morgan fingerprint density at radius 3 is 2.32 bits per heavy atom. The fraction of sp³-hybridized carbons (Fsp3) is 0.300. The first-order valence-electron chi connectivity index (χ1n) is 8.90. The van der Waals surface area contributed by atoms with Gasteiger partial charge in [-0.15, -0.1) is 0 Å². The Morgan fingerprint density at radius 1 is 1.11 bits per heavy atom. The van der Waals surface area contributed by atoms with Crippen LogP contribution >= 0.6 is 23.2 Å². The summed E-state index contributed by atoms with van der Waals surface area (Å²) >= 11 is 12.0. The van der Waals surface area contributed by atoms with E-state index in [-0.39, 0.29) is 12.5 Å². The average molecular weight is 423 g/mol. The first-order valence-corrected chi connectivity index (χ1v) is 9.65. The lowest BCUT2D eigenvalue weighted by Gasteiger charge is -2.16. The van der Waals surface area contributed by atoms with E-state index in [0.29, 0.717) is 40.2 Å². The highest BCUT2D eigenvalue weighted by Gasteiger charge is 2.10. The molecule has 4 N–H and O–H groups in total. The summed E-state index contributed by atoms with van der Waals surface area (Å²) in [5.41, 5.74) is 2.20. The molecule has 2 rings (SSSR count). The second-order valence-electron chi connectivity index (χ2n) is 6.07. The van der Waals surface area contributed by atoms with Gasteiger partial charge in [0, 0.05) is 35.7 Å². The van der Waals surface area contributed by atoms with Crippen LogP contribution in [0.3, 0.4) is 0 Å². The standard InChI is InChI=1S/C20H24Cl2N4O2/c1-3-24-20(25-11-13-4-6-14(7-5-13)19(28)23-2)26-12-18(27)15-8-16(21)10-17(22)9-15/h4-10,18,27H,3,11-12H2,1-2H3,(H,23,28)(H2,24,25,26). The largest absolute Gasteiger partial charge is 0.387 e. The van der Waals surface area contributed by atoms with Crippen molar-refractivity contribution in [2.45, 2.75) is 19.6 Å². The highest BCUT2D eigenvalue weighted by Crippen LogP contribution is 2.23. The Kier molecular flexibility index (Phi) is 8.57. The Morgan fingerprint density at radius 2 is 1.75 bits per heavy atom. The molecule has 0 saturated heterocycles. The maximum Gasteiger partial charge on any atom is 0.251 e. The first-order chi connectivity index (χ1) is 13.4. The van der Waals surface area contributed by atoms with Crippen LogP contribution in [0.25, 0.3) is 0 Å². The smallest absolute Gasteiger partial charge is 0.251 e. The van der Waals surface area contributed by atoms with Gasteiger partial charge >= 0.3 is 0 Å². The van der Waals surface area contributed by atoms with Crippen LogP contribution < -0.4 is 16.0 Å². The van der Waals surface area contributed by atoms with E-state index in [2.05, 4.69) is 20.9 Å². The van der Waals surface area contributed by atoms with E-state index in [0.717, 1.165) is 5.56 Å². The summed E-state index contributed by atoms with van der Waals surface area (Å²) in [5, 5.41) is 20.2. The van der Waals surface area contributed by atoms with Gasteiger partial charge in [0.1, 0.15) is 0 Å². The molecule has 1 amide bonds. The monoisotopic (exact) mass is 422 g/mol. The fourth-order valence-corrected chi connectivity index (χ4v) is 3.04. The van der Waals surface area contributed by atoms with Crippen LogP contribution in [0.15, 0.2) is 47.5 Å². The zero-order valence-electron chi connectivity index (χ0n) is 15.8. The molecule has 0 heterocycles. The summed E-state index contributed by atoms with van der Waals surface area (Å²) in [6, 6.07) is 12.2. The lowest BCUT2D eigenvalue weighted by molar-refractivity contribution is 0.0963. The van der Waals surface area contributed by atoms with Gasteiger partial charge in [-0.3, -0.25) is 4.79 Å². The summed E-state index contributed by atoms with van der Waals surface area (Å²) in [6.07, 6.45) is -0.785. The highest BCUT2D eigenvalue weighted by molar-refractivity contribution is 6.34. The molecule has 1 unspecified atom stereocenters. The molecular weight excluding hydrogens is 399 g/mol. The molecule has 150 valence electrons. The number of hydrogen-bond donors (Lipinski definition) is 4. The van der Waals surface area contributed by atoms with Crippen LogP contribution in [0.4, 0.5) is 0 Å². The lowest BCUT2D eigenvalue weighted by Crippen LogP contribution is -2.39. The number of rotatable bonds is 7. The summed E-state index contributed by atoms with van der Waals surface area (Å²) in [4.78, 5) is 16.1. The van der Waals surface area contributed by atoms with Crippen LogP contribution in [0.5, 0.6) is 0 Å². The maximum atomic E-state index is 11.6. The number of halogens is 2. The summed E-state index contributed by atoms with van der Waals surface area (Å²) in [5.74, 6) is 0.449. The molecule has 0 radical (unpaired) electrons. The van der Waals surface area contributed by atoms with Crippen molar-refractivity contribution in [3.63, 3.8) is 0 Å². The molecule has 28 heavy (non-hydrogen) atoms. The number of aliphatic imine (C=N–C) groups is 1. The number of amides is 1. The summed E-state index contributed by atoms with van der Waals surface area (Å²) in [7, 11) is 1.60. The zero-order chi connectivity index (χ0) is 20.5. The second kappa shape index (κ2) is 10.9. The molecule has 0 aliphatic heterocycles. The van der Waals surface area contributed by atoms with Crippen LogP contribution in [-0.2, 0) is 6.54 Å². The molecule has 0 saturated carbocycles. The number of guanidine groups is 1. The molecule has 0 bridgehead atoms. The maximum absolute atomic E-state index is 11.6. The van der Waals surface area contributed by atoms with E-state index in [4.69, 9.17) is 23.2 Å². The van der Waals surface area contributed by atoms with Gasteiger partial charge in [0.05, 0.1) is 12.6 Å². The number of carbonyl (C=O) groups excluding carboxylic acids is 1. The number of nitrogens with zero attached hydrogens (tertiary/aromatic N) is 1. The van der Waals surface area contributed by atoms with Gasteiger partial charge in [0.25, 0.3) is 5.91 Å². The molecule has 2 aromatic rings. The van der Waals surface area contributed by atoms with Crippen LogP contribution in [0.1, 0.15) is 34.5 Å². The Hall–Kier alpha value is -2.28. The molecular formula is C20H24Cl2N4O2. The minimum absolute atomic E-state index is 0.125. The number of hydrogen-bond acceptors (Lipinski definition) is 3. The van der Waals surface area contributed by atoms with Crippen LogP contribution in [0.2, 0.25) is 10.0 Å². The fourth-order valence-electron chi connectivity index (χ4n) is 2.50. The number of benzene rings is 2. The van der Waals surface area contributed by atoms with Gasteiger partial charge in [0.15, 0.2) is 5.96 Å². The van der Waals surface area contributed by atoms with E-state index in [1.54, 1.807) is 37.4 Å². The van der Waals surface area contributed by atoms with Crippen molar-refractivity contribution in [1.82, 2.24) is 16.0 Å². The van der Waals surface area contributed by atoms with Crippen LogP contribution in [0, 0.1) is 0 Å². The number of carbonyl (C=O) groups is 1. The van der Waals surface area contributed by atoms with E-state index in [1.807, 2.05) is 19.1 Å². The van der Waals surface area contributed by atoms with Crippen molar-refractivity contribution in [3.8, 4) is 0 Å². The van der Waals surface area contributed by atoms with Gasteiger partial charge in [-0.05, 0) is 48.4 Å². The van der Waals surface area contributed by atoms with E-state index < -0.39 is 6.10 Å². The summed E-state index contributed by atoms with van der Waals surface area (Å²) in [6.45, 7) is 3.32. The first kappa shape index (κ1) is 22.0. The van der Waals surface area contributed by atoms with Crippen molar-refractivity contribution >= 4 is 35.1 Å². The van der Waals surface area contributed by atoms with Gasteiger partial charge in [-0.25, -0.2) is 4.99 Å². The molecule has 0 aliphatic carbocycles. The molecule has 0 fully saturated rings. The van der Waals surface area contributed by atoms with Gasteiger partial charge in [0.2, 0.25) is 0 Å². The Labute approximate surface area is 175 Å². The van der Waals surface area contributed by atoms with E-state index in [1.165, 1.54) is 0 Å². The number of nitrogens with one attached hydrogen (secondary N) is 3. The van der Waals surface area contributed by atoms with Gasteiger partial charge < -0.3 is 21.1 Å². The van der Waals surface area contributed by atoms with Crippen LogP contribution in [-0.4, -0.2) is 37.1 Å². The second-order valence-corrected chi connectivity index (χ2v) is 6.94. The predicted molar refractivity (Wildman–Crippen MR) is 114 cm³/mol. The summed E-state index contributed by atoms with van der Waals surface area (Å²) < 4.78 is 0. The van der Waals surface area contributed by atoms with E-state index >= 15 is 0 Å². The van der Waals surface area contributed by atoms with Crippen molar-refractivity contribution < 1.29 is 9.90 Å². The normalized spacial score (nSPS) is 12.4. The van der Waals surface area contributed by atoms with E-state index in [9.17, 15) is 9.90 Å². The molecule has 0 aromatic heterocycles. The highest BCUT2D eigenvalue weighted by atomic mass is 35.5. The zero-order valence-corrected chi connectivity index (χ0v) is 17.3. The van der Waals surface area contributed by atoms with Crippen molar-refractivity contribution in [2.24, 2.45) is 4.99 Å². The molecule has 6 nitrogen and oxygen atoms in total. The predicted octanol–water partition coefficient (Wildman–Crippen LogP) is 3.14. The number of aliphatic hydroxyl groups excluding tert-OH is 1. The molecule has 0 aliphatic rings. The topological polar surface area (TPSA) is 85.8 Å². The van der Waals surface area contributed by atoms with Gasteiger partial charge in [-0.2, -0.15) is 0 Å². The van der Waals surface area contributed by atoms with Crippen molar-refractivity contribution in [2.75, 3.05) is 20.1 Å². The third kappa shape index (κ3) is 6.71. The van der Waals surface area contributed by atoms with Crippen molar-refractivity contribution in [1.29, 1.82) is 0 Å². The third-order valence-corrected chi connectivity index (χ3v) is 4.38. The molecule has 0 spiro atoms. The molecule has 8 heteroatoms. The quantitative estimate of drug-likeness (QED) is 0.407. The molecule has 1 atom stereocenters. The Balaban J connectivity index is 1.98. The van der Waals surface area contributed by atoms with Crippen molar-refractivity contribution in [3.05, 3.63) is 69.2 Å². The lowest BCUT2D eigenvalue weighted by atomic mass is 10.1. The third-order valence-electron chi connectivity index (χ3n) is 3.94. The Bertz CT molecular complexity index is 805. The minimum Gasteiger partial charge on any atom is -0.387 e. The average Bonchev–Trinajstić information content (AvgIpc) is 2.68. The van der Waals surface area contributed by atoms with Gasteiger partial charge in [-0.1, -0.05) is 35.3 Å².